The van der Waals surface area contributed by atoms with Crippen molar-refractivity contribution in [2.45, 2.75) is 53.0 Å². The molecule has 0 aliphatic carbocycles. The Kier molecular flexibility index (Phi) is 5.79. The molecule has 1 aliphatic rings. The van der Waals surface area contributed by atoms with E-state index in [1.54, 1.807) is 0 Å². The van der Waals surface area contributed by atoms with Crippen LogP contribution in [-0.4, -0.2) is 33.3 Å². The maximum atomic E-state index is 4.63. The van der Waals surface area contributed by atoms with Gasteiger partial charge < -0.3 is 10.2 Å². The Morgan fingerprint density at radius 2 is 1.84 bits per heavy atom. The normalized spacial score (nSPS) is 15.4. The first kappa shape index (κ1) is 17.6. The number of rotatable bonds is 6. The van der Waals surface area contributed by atoms with Crippen molar-refractivity contribution in [2.24, 2.45) is 5.92 Å². The molecule has 3 heterocycles. The molecule has 0 amide bonds. The molecule has 0 spiro atoms. The van der Waals surface area contributed by atoms with Gasteiger partial charge in [-0.05, 0) is 43.2 Å². The molecule has 0 atom stereocenters. The average Bonchev–Trinajstić information content (AvgIpc) is 2.67. The minimum absolute atomic E-state index is 0.586. The second-order valence-electron chi connectivity index (χ2n) is 6.78. The highest BCUT2D eigenvalue weighted by molar-refractivity contribution is 5.40. The zero-order valence-electron chi connectivity index (χ0n) is 15.5. The Bertz CT molecular complexity index is 677. The summed E-state index contributed by atoms with van der Waals surface area (Å²) in [5, 5.41) is 11.7. The van der Waals surface area contributed by atoms with Gasteiger partial charge in [-0.1, -0.05) is 26.8 Å². The lowest BCUT2D eigenvalue weighted by Gasteiger charge is -2.31. The van der Waals surface area contributed by atoms with Crippen molar-refractivity contribution in [2.75, 3.05) is 23.3 Å². The molecule has 1 saturated heterocycles. The zero-order valence-corrected chi connectivity index (χ0v) is 15.5. The van der Waals surface area contributed by atoms with Crippen LogP contribution >= 0.6 is 0 Å². The fourth-order valence-corrected chi connectivity index (χ4v) is 3.14. The first-order chi connectivity index (χ1) is 12.2. The number of anilines is 2. The third kappa shape index (κ3) is 4.44. The van der Waals surface area contributed by atoms with Crippen molar-refractivity contribution >= 4 is 11.8 Å². The zero-order chi connectivity index (χ0) is 17.6. The van der Waals surface area contributed by atoms with Crippen molar-refractivity contribution in [3.05, 3.63) is 35.3 Å². The van der Waals surface area contributed by atoms with Gasteiger partial charge in [-0.15, -0.1) is 5.10 Å². The fraction of sp³-hybridized carbons (Fsp3) is 0.579. The van der Waals surface area contributed by atoms with E-state index in [-0.39, 0.29) is 0 Å². The lowest BCUT2D eigenvalue weighted by atomic mass is 9.99. The van der Waals surface area contributed by atoms with Gasteiger partial charge in [-0.3, -0.25) is 0 Å². The molecule has 0 bridgehead atoms. The lowest BCUT2D eigenvalue weighted by Crippen LogP contribution is -2.33. The summed E-state index contributed by atoms with van der Waals surface area (Å²) in [6.45, 7) is 9.36. The Morgan fingerprint density at radius 1 is 1.08 bits per heavy atom. The smallest absolute Gasteiger partial charge is 0.243 e. The highest BCUT2D eigenvalue weighted by Crippen LogP contribution is 2.21. The van der Waals surface area contributed by atoms with Crippen LogP contribution in [0.4, 0.5) is 11.8 Å². The standard InChI is InChI=1S/C19H28N6/c1-4-16-17(5-2)23-24-19(22-16)21-13-15-6-7-18(20-12-15)25-10-8-14(3)9-11-25/h6-7,12,14H,4-5,8-11,13H2,1-3H3,(H,21,22,24). The average molecular weight is 340 g/mol. The molecule has 1 N–H and O–H groups in total. The number of nitrogens with one attached hydrogen (secondary N) is 1. The second-order valence-corrected chi connectivity index (χ2v) is 6.78. The van der Waals surface area contributed by atoms with Crippen molar-refractivity contribution in [3.63, 3.8) is 0 Å². The van der Waals surface area contributed by atoms with Crippen LogP contribution in [0, 0.1) is 5.92 Å². The summed E-state index contributed by atoms with van der Waals surface area (Å²) in [7, 11) is 0. The summed E-state index contributed by atoms with van der Waals surface area (Å²) in [5.74, 6) is 2.50. The van der Waals surface area contributed by atoms with Gasteiger partial charge in [-0.2, -0.15) is 5.10 Å². The molecule has 2 aromatic rings. The highest BCUT2D eigenvalue weighted by Gasteiger charge is 2.16. The van der Waals surface area contributed by atoms with Gasteiger partial charge >= 0.3 is 0 Å². The molecule has 0 radical (unpaired) electrons. The van der Waals surface area contributed by atoms with Gasteiger partial charge in [0.15, 0.2) is 0 Å². The molecule has 6 nitrogen and oxygen atoms in total. The van der Waals surface area contributed by atoms with E-state index in [1.807, 2.05) is 6.20 Å². The van der Waals surface area contributed by atoms with Gasteiger partial charge in [-0.25, -0.2) is 9.97 Å². The van der Waals surface area contributed by atoms with Gasteiger partial charge in [0.1, 0.15) is 5.82 Å². The van der Waals surface area contributed by atoms with Crippen molar-refractivity contribution in [1.82, 2.24) is 20.2 Å². The minimum Gasteiger partial charge on any atom is -0.357 e. The first-order valence-corrected chi connectivity index (χ1v) is 9.35. The van der Waals surface area contributed by atoms with Crippen molar-refractivity contribution in [3.8, 4) is 0 Å². The van der Waals surface area contributed by atoms with E-state index in [1.165, 1.54) is 12.8 Å². The molecule has 3 rings (SSSR count). The van der Waals surface area contributed by atoms with Crippen LogP contribution in [0.15, 0.2) is 18.3 Å². The van der Waals surface area contributed by atoms with E-state index < -0.39 is 0 Å². The van der Waals surface area contributed by atoms with E-state index in [4.69, 9.17) is 0 Å². The summed E-state index contributed by atoms with van der Waals surface area (Å²) in [4.78, 5) is 11.6. The molecule has 25 heavy (non-hydrogen) atoms. The largest absolute Gasteiger partial charge is 0.357 e. The summed E-state index contributed by atoms with van der Waals surface area (Å²) >= 11 is 0. The predicted octanol–water partition coefficient (Wildman–Crippen LogP) is 3.24. The molecule has 6 heteroatoms. The lowest BCUT2D eigenvalue weighted by molar-refractivity contribution is 0.436. The molecule has 1 fully saturated rings. The second kappa shape index (κ2) is 8.23. The van der Waals surface area contributed by atoms with Crippen LogP contribution in [0.1, 0.15) is 50.6 Å². The van der Waals surface area contributed by atoms with Crippen LogP contribution in [0.5, 0.6) is 0 Å². The molecule has 0 saturated carbocycles. The number of hydrogen-bond acceptors (Lipinski definition) is 6. The van der Waals surface area contributed by atoms with Gasteiger partial charge in [0, 0.05) is 25.8 Å². The summed E-state index contributed by atoms with van der Waals surface area (Å²) in [5.41, 5.74) is 3.12. The predicted molar refractivity (Wildman–Crippen MR) is 101 cm³/mol. The summed E-state index contributed by atoms with van der Waals surface area (Å²) < 4.78 is 0. The first-order valence-electron chi connectivity index (χ1n) is 9.35. The number of aromatic nitrogens is 4. The maximum Gasteiger partial charge on any atom is 0.243 e. The molecular formula is C19H28N6. The van der Waals surface area contributed by atoms with E-state index in [9.17, 15) is 0 Å². The van der Waals surface area contributed by atoms with Crippen LogP contribution in [0.25, 0.3) is 0 Å². The van der Waals surface area contributed by atoms with Crippen molar-refractivity contribution in [1.29, 1.82) is 0 Å². The monoisotopic (exact) mass is 340 g/mol. The highest BCUT2D eigenvalue weighted by atomic mass is 15.2. The number of nitrogens with zero attached hydrogens (tertiary/aromatic N) is 5. The fourth-order valence-electron chi connectivity index (χ4n) is 3.14. The Morgan fingerprint density at radius 3 is 2.48 bits per heavy atom. The van der Waals surface area contributed by atoms with Crippen LogP contribution in [0.3, 0.4) is 0 Å². The molecule has 0 unspecified atom stereocenters. The number of pyridine rings is 1. The van der Waals surface area contributed by atoms with Gasteiger partial charge in [0.2, 0.25) is 5.95 Å². The van der Waals surface area contributed by atoms with E-state index in [0.717, 1.165) is 54.6 Å². The molecule has 0 aromatic carbocycles. The van der Waals surface area contributed by atoms with Crippen LogP contribution in [0.2, 0.25) is 0 Å². The van der Waals surface area contributed by atoms with E-state index in [0.29, 0.717) is 12.5 Å². The van der Waals surface area contributed by atoms with E-state index >= 15 is 0 Å². The third-order valence-electron chi connectivity index (χ3n) is 4.88. The molecular weight excluding hydrogens is 312 g/mol. The number of aryl methyl sites for hydroxylation is 2. The number of hydrogen-bond donors (Lipinski definition) is 1. The quantitative estimate of drug-likeness (QED) is 0.871. The maximum absolute atomic E-state index is 4.63. The van der Waals surface area contributed by atoms with Gasteiger partial charge in [0.25, 0.3) is 0 Å². The summed E-state index contributed by atoms with van der Waals surface area (Å²) in [6, 6.07) is 4.24. The Balaban J connectivity index is 1.58. The topological polar surface area (TPSA) is 66.8 Å². The molecule has 1 aliphatic heterocycles. The third-order valence-corrected chi connectivity index (χ3v) is 4.88. The van der Waals surface area contributed by atoms with Crippen molar-refractivity contribution < 1.29 is 0 Å². The van der Waals surface area contributed by atoms with E-state index in [2.05, 4.69) is 63.3 Å². The van der Waals surface area contributed by atoms with Crippen LogP contribution < -0.4 is 10.2 Å². The number of piperidine rings is 1. The Hall–Kier alpha value is -2.24. The minimum atomic E-state index is 0.586. The molecule has 134 valence electrons. The van der Waals surface area contributed by atoms with Gasteiger partial charge in [0.05, 0.1) is 11.4 Å². The Labute approximate surface area is 150 Å². The molecule has 2 aromatic heterocycles. The SMILES string of the molecule is CCc1nnc(NCc2ccc(N3CCC(C)CC3)nc2)nc1CC. The van der Waals surface area contributed by atoms with Crippen LogP contribution in [-0.2, 0) is 19.4 Å². The summed E-state index contributed by atoms with van der Waals surface area (Å²) in [6.07, 6.45) is 6.18.